The molecule has 0 heterocycles. The van der Waals surface area contributed by atoms with Crippen molar-refractivity contribution in [3.8, 4) is 0 Å². The predicted octanol–water partition coefficient (Wildman–Crippen LogP) is 3.93. The van der Waals surface area contributed by atoms with Gasteiger partial charge in [-0.1, -0.05) is 69.2 Å². The first-order chi connectivity index (χ1) is 9.81. The standard InChI is InChI=1S/C18H30N2/c1-3-5-14-20(15-6-4-2)18(16-19)13-12-17-10-8-7-9-11-17/h7-13,18H,3-6,14-16,19H2,1-2H3/b13-12-. The Kier molecular flexibility index (Phi) is 9.01. The van der Waals surface area contributed by atoms with E-state index in [1.165, 1.54) is 31.2 Å². The van der Waals surface area contributed by atoms with Crippen LogP contribution < -0.4 is 5.73 Å². The van der Waals surface area contributed by atoms with Gasteiger partial charge in [0, 0.05) is 12.6 Å². The number of benzene rings is 1. The van der Waals surface area contributed by atoms with Crippen molar-refractivity contribution in [1.29, 1.82) is 0 Å². The minimum atomic E-state index is 0.355. The van der Waals surface area contributed by atoms with E-state index >= 15 is 0 Å². The quantitative estimate of drug-likeness (QED) is 0.700. The Balaban J connectivity index is 2.65. The van der Waals surface area contributed by atoms with E-state index in [2.05, 4.69) is 55.2 Å². The van der Waals surface area contributed by atoms with E-state index in [1.54, 1.807) is 0 Å². The molecule has 0 fully saturated rings. The van der Waals surface area contributed by atoms with Crippen LogP contribution in [0.4, 0.5) is 0 Å². The molecule has 0 saturated heterocycles. The first-order valence-corrected chi connectivity index (χ1v) is 7.99. The van der Waals surface area contributed by atoms with E-state index in [-0.39, 0.29) is 0 Å². The van der Waals surface area contributed by atoms with Crippen molar-refractivity contribution < 1.29 is 0 Å². The number of nitrogens with zero attached hydrogens (tertiary/aromatic N) is 1. The molecule has 0 aromatic heterocycles. The van der Waals surface area contributed by atoms with Crippen molar-refractivity contribution in [3.05, 3.63) is 42.0 Å². The van der Waals surface area contributed by atoms with Gasteiger partial charge < -0.3 is 5.73 Å². The van der Waals surface area contributed by atoms with Gasteiger partial charge in [-0.2, -0.15) is 0 Å². The van der Waals surface area contributed by atoms with Gasteiger partial charge >= 0.3 is 0 Å². The lowest BCUT2D eigenvalue weighted by molar-refractivity contribution is 0.226. The Morgan fingerprint density at radius 3 is 2.15 bits per heavy atom. The van der Waals surface area contributed by atoms with E-state index < -0.39 is 0 Å². The van der Waals surface area contributed by atoms with Crippen LogP contribution in [0.1, 0.15) is 45.1 Å². The van der Waals surface area contributed by atoms with Crippen LogP contribution in [0, 0.1) is 0 Å². The second kappa shape index (κ2) is 10.6. The molecule has 0 aliphatic carbocycles. The summed E-state index contributed by atoms with van der Waals surface area (Å²) in [5, 5.41) is 0. The molecule has 0 amide bonds. The Bertz CT molecular complexity index is 351. The molecule has 0 aliphatic heterocycles. The zero-order valence-corrected chi connectivity index (χ0v) is 13.1. The molecule has 2 heteroatoms. The summed E-state index contributed by atoms with van der Waals surface area (Å²) in [6.45, 7) is 7.48. The van der Waals surface area contributed by atoms with Gasteiger partial charge in [0.15, 0.2) is 0 Å². The Labute approximate surface area is 124 Å². The monoisotopic (exact) mass is 274 g/mol. The van der Waals surface area contributed by atoms with Crippen LogP contribution in [0.25, 0.3) is 6.08 Å². The summed E-state index contributed by atoms with van der Waals surface area (Å²) in [5.74, 6) is 0. The fourth-order valence-corrected chi connectivity index (χ4v) is 2.30. The van der Waals surface area contributed by atoms with Crippen molar-refractivity contribution >= 4 is 6.08 Å². The van der Waals surface area contributed by atoms with E-state index in [1.807, 2.05) is 6.07 Å². The highest BCUT2D eigenvalue weighted by Gasteiger charge is 2.12. The SMILES string of the molecule is CCCCN(CCCC)C(/C=C\c1ccccc1)CN. The summed E-state index contributed by atoms with van der Waals surface area (Å²) in [5.41, 5.74) is 7.24. The number of unbranched alkanes of at least 4 members (excludes halogenated alkanes) is 2. The third kappa shape index (κ3) is 6.36. The molecule has 0 aliphatic rings. The first-order valence-electron chi connectivity index (χ1n) is 7.99. The number of nitrogens with two attached hydrogens (primary N) is 1. The largest absolute Gasteiger partial charge is 0.329 e. The van der Waals surface area contributed by atoms with Gasteiger partial charge in [-0.15, -0.1) is 0 Å². The fraction of sp³-hybridized carbons (Fsp3) is 0.556. The zero-order valence-electron chi connectivity index (χ0n) is 13.1. The van der Waals surface area contributed by atoms with E-state index in [4.69, 9.17) is 5.73 Å². The normalized spacial score (nSPS) is 13.2. The number of hydrogen-bond donors (Lipinski definition) is 1. The molecular weight excluding hydrogens is 244 g/mol. The molecule has 0 bridgehead atoms. The second-order valence-electron chi connectivity index (χ2n) is 5.32. The van der Waals surface area contributed by atoms with E-state index in [9.17, 15) is 0 Å². The smallest absolute Gasteiger partial charge is 0.0404 e. The van der Waals surface area contributed by atoms with Crippen LogP contribution in [0.5, 0.6) is 0 Å². The van der Waals surface area contributed by atoms with Crippen molar-refractivity contribution in [2.75, 3.05) is 19.6 Å². The summed E-state index contributed by atoms with van der Waals surface area (Å²) >= 11 is 0. The summed E-state index contributed by atoms with van der Waals surface area (Å²) in [6.07, 6.45) is 9.44. The molecule has 0 radical (unpaired) electrons. The lowest BCUT2D eigenvalue weighted by Crippen LogP contribution is -2.40. The summed E-state index contributed by atoms with van der Waals surface area (Å²) in [6, 6.07) is 10.8. The second-order valence-corrected chi connectivity index (χ2v) is 5.32. The Morgan fingerprint density at radius 1 is 1.05 bits per heavy atom. The predicted molar refractivity (Wildman–Crippen MR) is 89.7 cm³/mol. The third-order valence-corrected chi connectivity index (χ3v) is 3.62. The molecule has 112 valence electrons. The molecule has 1 atom stereocenters. The zero-order chi connectivity index (χ0) is 14.6. The average molecular weight is 274 g/mol. The Hall–Kier alpha value is -1.12. The molecule has 1 aromatic rings. The van der Waals surface area contributed by atoms with Crippen LogP contribution in [0.2, 0.25) is 0 Å². The number of rotatable bonds is 10. The highest BCUT2D eigenvalue weighted by atomic mass is 15.2. The van der Waals surface area contributed by atoms with Crippen molar-refractivity contribution in [2.24, 2.45) is 5.73 Å². The summed E-state index contributed by atoms with van der Waals surface area (Å²) in [4.78, 5) is 2.53. The Morgan fingerprint density at radius 2 is 1.65 bits per heavy atom. The van der Waals surface area contributed by atoms with Crippen molar-refractivity contribution in [1.82, 2.24) is 4.90 Å². The molecule has 2 nitrogen and oxygen atoms in total. The summed E-state index contributed by atoms with van der Waals surface area (Å²) < 4.78 is 0. The van der Waals surface area contributed by atoms with Crippen molar-refractivity contribution in [3.63, 3.8) is 0 Å². The minimum Gasteiger partial charge on any atom is -0.329 e. The van der Waals surface area contributed by atoms with E-state index in [0.717, 1.165) is 13.1 Å². The van der Waals surface area contributed by atoms with Crippen molar-refractivity contribution in [2.45, 2.75) is 45.6 Å². The first kappa shape index (κ1) is 16.9. The molecule has 20 heavy (non-hydrogen) atoms. The van der Waals surface area contributed by atoms with Gasteiger partial charge in [0.2, 0.25) is 0 Å². The van der Waals surface area contributed by atoms with Gasteiger partial charge in [0.1, 0.15) is 0 Å². The van der Waals surface area contributed by atoms with Crippen LogP contribution in [0.3, 0.4) is 0 Å². The fourth-order valence-electron chi connectivity index (χ4n) is 2.30. The maximum atomic E-state index is 5.99. The molecule has 1 aromatic carbocycles. The molecule has 0 spiro atoms. The van der Waals surface area contributed by atoms with Crippen LogP contribution >= 0.6 is 0 Å². The maximum Gasteiger partial charge on any atom is 0.0404 e. The van der Waals surface area contributed by atoms with Crippen LogP contribution in [0.15, 0.2) is 36.4 Å². The molecule has 2 N–H and O–H groups in total. The number of hydrogen-bond acceptors (Lipinski definition) is 2. The summed E-state index contributed by atoms with van der Waals surface area (Å²) in [7, 11) is 0. The van der Waals surface area contributed by atoms with Gasteiger partial charge in [-0.3, -0.25) is 4.90 Å². The highest BCUT2D eigenvalue weighted by Crippen LogP contribution is 2.09. The lowest BCUT2D eigenvalue weighted by atomic mass is 10.1. The third-order valence-electron chi connectivity index (χ3n) is 3.62. The lowest BCUT2D eigenvalue weighted by Gasteiger charge is -2.28. The molecule has 1 rings (SSSR count). The maximum absolute atomic E-state index is 5.99. The minimum absolute atomic E-state index is 0.355. The molecule has 1 unspecified atom stereocenters. The van der Waals surface area contributed by atoms with E-state index in [0.29, 0.717) is 12.6 Å². The van der Waals surface area contributed by atoms with Gasteiger partial charge in [-0.05, 0) is 31.5 Å². The van der Waals surface area contributed by atoms with Gasteiger partial charge in [0.25, 0.3) is 0 Å². The van der Waals surface area contributed by atoms with Gasteiger partial charge in [-0.25, -0.2) is 0 Å². The topological polar surface area (TPSA) is 29.3 Å². The average Bonchev–Trinajstić information content (AvgIpc) is 2.50. The molecule has 0 saturated carbocycles. The van der Waals surface area contributed by atoms with Crippen LogP contribution in [-0.2, 0) is 0 Å². The van der Waals surface area contributed by atoms with Crippen LogP contribution in [-0.4, -0.2) is 30.6 Å². The highest BCUT2D eigenvalue weighted by molar-refractivity contribution is 5.49. The molecular formula is C18H30N2. The van der Waals surface area contributed by atoms with Gasteiger partial charge in [0.05, 0.1) is 0 Å².